The number of nitrogens with one attached hydrogen (secondary N) is 1. The first-order chi connectivity index (χ1) is 13.9. The van der Waals surface area contributed by atoms with Crippen LogP contribution in [0.3, 0.4) is 0 Å². The summed E-state index contributed by atoms with van der Waals surface area (Å²) in [6.45, 7) is 1.86. The number of hydrogen-bond donors (Lipinski definition) is 2. The molecule has 0 aliphatic carbocycles. The van der Waals surface area contributed by atoms with E-state index in [0.29, 0.717) is 28.6 Å². The van der Waals surface area contributed by atoms with Gasteiger partial charge in [0.1, 0.15) is 16.9 Å². The van der Waals surface area contributed by atoms with Crippen molar-refractivity contribution >= 4 is 45.3 Å². The average molecular weight is 430 g/mol. The number of amidine groups is 1. The number of anilines is 1. The molecule has 2 unspecified atom stereocenters. The summed E-state index contributed by atoms with van der Waals surface area (Å²) in [6, 6.07) is 7.81. The highest BCUT2D eigenvalue weighted by atomic mass is 32.2. The van der Waals surface area contributed by atoms with Gasteiger partial charge < -0.3 is 11.1 Å². The highest BCUT2D eigenvalue weighted by Gasteiger charge is 2.33. The summed E-state index contributed by atoms with van der Waals surface area (Å²) < 4.78 is 14.5. The van der Waals surface area contributed by atoms with E-state index in [2.05, 4.69) is 20.3 Å². The smallest absolute Gasteiger partial charge is 0.250 e. The first-order valence-corrected chi connectivity index (χ1v) is 11.1. The Balaban J connectivity index is 1.52. The largest absolute Gasteiger partial charge is 0.379 e. The lowest BCUT2D eigenvalue weighted by Gasteiger charge is -2.30. The predicted octanol–water partition coefficient (Wildman–Crippen LogP) is 3.39. The number of amides is 1. The van der Waals surface area contributed by atoms with Crippen molar-refractivity contribution in [1.82, 2.24) is 4.98 Å². The molecule has 4 rings (SSSR count). The van der Waals surface area contributed by atoms with Crippen LogP contribution in [-0.2, 0) is 10.3 Å². The van der Waals surface area contributed by atoms with Crippen LogP contribution in [0.5, 0.6) is 0 Å². The SMILES string of the molecule is CC1(c2cc(NC(=O)C3CSC(c4cccnc4)=N3)ccc2F)CCSC(N)=N1. The van der Waals surface area contributed by atoms with E-state index in [1.165, 1.54) is 29.6 Å². The number of aliphatic imine (C=N–C) groups is 2. The number of benzene rings is 1. The zero-order chi connectivity index (χ0) is 20.4. The normalized spacial score (nSPS) is 24.0. The molecule has 0 saturated carbocycles. The van der Waals surface area contributed by atoms with Gasteiger partial charge in [-0.25, -0.2) is 4.39 Å². The van der Waals surface area contributed by atoms with E-state index >= 15 is 0 Å². The Morgan fingerprint density at radius 2 is 2.21 bits per heavy atom. The molecule has 2 atom stereocenters. The number of pyridine rings is 1. The van der Waals surface area contributed by atoms with Crippen LogP contribution in [0.25, 0.3) is 0 Å². The molecular weight excluding hydrogens is 409 g/mol. The average Bonchev–Trinajstić information content (AvgIpc) is 3.20. The zero-order valence-corrected chi connectivity index (χ0v) is 17.4. The Hall–Kier alpha value is -2.39. The van der Waals surface area contributed by atoms with E-state index in [1.807, 2.05) is 19.1 Å². The van der Waals surface area contributed by atoms with E-state index < -0.39 is 11.6 Å². The molecule has 1 aromatic carbocycles. The Morgan fingerprint density at radius 3 is 2.97 bits per heavy atom. The fourth-order valence-corrected chi connectivity index (χ4v) is 5.28. The summed E-state index contributed by atoms with van der Waals surface area (Å²) >= 11 is 2.99. The summed E-state index contributed by atoms with van der Waals surface area (Å²) in [5.74, 6) is 0.746. The fraction of sp³-hybridized carbons (Fsp3) is 0.300. The highest BCUT2D eigenvalue weighted by molar-refractivity contribution is 8.14. The summed E-state index contributed by atoms with van der Waals surface area (Å²) in [4.78, 5) is 25.8. The number of carbonyl (C=O) groups is 1. The molecule has 150 valence electrons. The van der Waals surface area contributed by atoms with Crippen LogP contribution in [0, 0.1) is 5.82 Å². The third-order valence-corrected chi connectivity index (χ3v) is 6.76. The molecule has 3 N–H and O–H groups in total. The highest BCUT2D eigenvalue weighted by Crippen LogP contribution is 2.37. The molecule has 0 fully saturated rings. The van der Waals surface area contributed by atoms with E-state index in [9.17, 15) is 9.18 Å². The first kappa shape index (κ1) is 19.9. The van der Waals surface area contributed by atoms with Crippen LogP contribution in [0.15, 0.2) is 52.7 Å². The molecule has 2 aliphatic rings. The first-order valence-electron chi connectivity index (χ1n) is 9.15. The second-order valence-corrected chi connectivity index (χ2v) is 9.13. The summed E-state index contributed by atoms with van der Waals surface area (Å²) in [5.41, 5.74) is 6.97. The third-order valence-electron chi connectivity index (χ3n) is 4.87. The molecule has 2 aromatic rings. The maximum absolute atomic E-state index is 14.5. The van der Waals surface area contributed by atoms with E-state index in [0.717, 1.165) is 16.4 Å². The standard InChI is InChI=1S/C20H20FN5OS2/c1-20(6-8-28-19(22)26-20)14-9-13(4-5-15(14)21)24-17(27)16-11-29-18(25-16)12-3-2-7-23-10-12/h2-5,7,9-10,16H,6,8,11H2,1H3,(H2,22,26)(H,24,27). The fourth-order valence-electron chi connectivity index (χ4n) is 3.28. The van der Waals surface area contributed by atoms with Crippen molar-refractivity contribution in [1.29, 1.82) is 0 Å². The number of thioether (sulfide) groups is 2. The molecule has 1 aromatic heterocycles. The molecule has 9 heteroatoms. The lowest BCUT2D eigenvalue weighted by atomic mass is 9.89. The Morgan fingerprint density at radius 1 is 1.34 bits per heavy atom. The van der Waals surface area contributed by atoms with Gasteiger partial charge in [0.05, 0.1) is 5.54 Å². The van der Waals surface area contributed by atoms with Gasteiger partial charge in [0.15, 0.2) is 5.17 Å². The van der Waals surface area contributed by atoms with Crippen LogP contribution in [0.4, 0.5) is 10.1 Å². The Labute approximate surface area is 176 Å². The Bertz CT molecular complexity index is 998. The van der Waals surface area contributed by atoms with Gasteiger partial charge in [-0.2, -0.15) is 0 Å². The minimum atomic E-state index is -0.741. The predicted molar refractivity (Wildman–Crippen MR) is 118 cm³/mol. The number of rotatable bonds is 4. The molecule has 2 aliphatic heterocycles. The lowest BCUT2D eigenvalue weighted by Crippen LogP contribution is -2.30. The lowest BCUT2D eigenvalue weighted by molar-refractivity contribution is -0.116. The van der Waals surface area contributed by atoms with Crippen molar-refractivity contribution in [2.24, 2.45) is 15.7 Å². The van der Waals surface area contributed by atoms with Crippen molar-refractivity contribution in [3.8, 4) is 0 Å². The maximum atomic E-state index is 14.5. The van der Waals surface area contributed by atoms with Gasteiger partial charge in [-0.3, -0.25) is 19.8 Å². The van der Waals surface area contributed by atoms with Gasteiger partial charge in [-0.15, -0.1) is 11.8 Å². The molecular formula is C20H20FN5OS2. The van der Waals surface area contributed by atoms with E-state index in [-0.39, 0.29) is 11.7 Å². The molecule has 0 bridgehead atoms. The van der Waals surface area contributed by atoms with Gasteiger partial charge in [-0.1, -0.05) is 11.8 Å². The number of carbonyl (C=O) groups excluding carboxylic acids is 1. The minimum absolute atomic E-state index is 0.221. The Kier molecular flexibility index (Phi) is 5.60. The molecule has 0 saturated heterocycles. The number of nitrogens with zero attached hydrogens (tertiary/aromatic N) is 3. The minimum Gasteiger partial charge on any atom is -0.379 e. The van der Waals surface area contributed by atoms with Gasteiger partial charge in [0.25, 0.3) is 0 Å². The van der Waals surface area contributed by atoms with Gasteiger partial charge in [0, 0.05) is 40.7 Å². The van der Waals surface area contributed by atoms with Crippen LogP contribution in [-0.4, -0.2) is 38.7 Å². The molecule has 6 nitrogen and oxygen atoms in total. The summed E-state index contributed by atoms with van der Waals surface area (Å²) in [5, 5.41) is 4.12. The topological polar surface area (TPSA) is 92.7 Å². The molecule has 0 spiro atoms. The van der Waals surface area contributed by atoms with Crippen molar-refractivity contribution in [2.45, 2.75) is 24.9 Å². The number of nitrogens with two attached hydrogens (primary N) is 1. The van der Waals surface area contributed by atoms with Crippen molar-refractivity contribution < 1.29 is 9.18 Å². The van der Waals surface area contributed by atoms with E-state index in [1.54, 1.807) is 24.5 Å². The van der Waals surface area contributed by atoms with Crippen LogP contribution in [0.1, 0.15) is 24.5 Å². The van der Waals surface area contributed by atoms with Crippen LogP contribution in [0.2, 0.25) is 0 Å². The second kappa shape index (κ2) is 8.16. The van der Waals surface area contributed by atoms with Crippen LogP contribution >= 0.6 is 23.5 Å². The monoisotopic (exact) mass is 429 g/mol. The zero-order valence-electron chi connectivity index (χ0n) is 15.8. The second-order valence-electron chi connectivity index (χ2n) is 7.01. The summed E-state index contributed by atoms with van der Waals surface area (Å²) in [7, 11) is 0. The molecule has 1 amide bonds. The van der Waals surface area contributed by atoms with Gasteiger partial charge in [-0.05, 0) is 43.7 Å². The number of aromatic nitrogens is 1. The van der Waals surface area contributed by atoms with Crippen molar-refractivity contribution in [3.63, 3.8) is 0 Å². The van der Waals surface area contributed by atoms with Gasteiger partial charge >= 0.3 is 0 Å². The van der Waals surface area contributed by atoms with Crippen molar-refractivity contribution in [3.05, 3.63) is 59.7 Å². The van der Waals surface area contributed by atoms with Crippen molar-refractivity contribution in [2.75, 3.05) is 16.8 Å². The maximum Gasteiger partial charge on any atom is 0.250 e. The van der Waals surface area contributed by atoms with E-state index in [4.69, 9.17) is 5.73 Å². The summed E-state index contributed by atoms with van der Waals surface area (Å²) in [6.07, 6.45) is 4.10. The van der Waals surface area contributed by atoms with Crippen LogP contribution < -0.4 is 11.1 Å². The quantitative estimate of drug-likeness (QED) is 0.777. The molecule has 3 heterocycles. The molecule has 0 radical (unpaired) electrons. The number of hydrogen-bond acceptors (Lipinski definition) is 7. The molecule has 29 heavy (non-hydrogen) atoms. The number of halogens is 1. The third kappa shape index (κ3) is 4.30. The van der Waals surface area contributed by atoms with Gasteiger partial charge in [0.2, 0.25) is 5.91 Å².